The zero-order chi connectivity index (χ0) is 15.5. The van der Waals surface area contributed by atoms with Crippen molar-refractivity contribution >= 4 is 22.6 Å². The van der Waals surface area contributed by atoms with Gasteiger partial charge in [-0.15, -0.1) is 0 Å². The van der Waals surface area contributed by atoms with Crippen LogP contribution in [0.25, 0.3) is 11.0 Å². The summed E-state index contributed by atoms with van der Waals surface area (Å²) >= 11 is 0. The number of anilines is 1. The average Bonchev–Trinajstić information content (AvgIpc) is 2.55. The molecule has 3 aromatic rings. The molecule has 0 atom stereocenters. The van der Waals surface area contributed by atoms with Gasteiger partial charge in [0.15, 0.2) is 5.69 Å². The molecule has 0 radical (unpaired) electrons. The van der Waals surface area contributed by atoms with Crippen molar-refractivity contribution < 1.29 is 4.79 Å². The number of carbonyl (C=O) groups is 1. The summed E-state index contributed by atoms with van der Waals surface area (Å²) in [5.41, 5.74) is 3.46. The van der Waals surface area contributed by atoms with Gasteiger partial charge in [0.1, 0.15) is 0 Å². The van der Waals surface area contributed by atoms with Crippen LogP contribution in [0.1, 0.15) is 23.1 Å². The lowest BCUT2D eigenvalue weighted by Crippen LogP contribution is -2.32. The molecule has 0 aliphatic carbocycles. The number of aromatic nitrogens is 2. The van der Waals surface area contributed by atoms with E-state index in [0.717, 1.165) is 16.7 Å². The van der Waals surface area contributed by atoms with Crippen molar-refractivity contribution in [3.05, 3.63) is 66.0 Å². The van der Waals surface area contributed by atoms with Crippen LogP contribution < -0.4 is 4.90 Å². The van der Waals surface area contributed by atoms with E-state index in [4.69, 9.17) is 0 Å². The Morgan fingerprint density at radius 3 is 2.18 bits per heavy atom. The van der Waals surface area contributed by atoms with Crippen LogP contribution in [0.2, 0.25) is 0 Å². The number of carbonyl (C=O) groups excluding carboxylic acids is 1. The first-order valence-corrected chi connectivity index (χ1v) is 7.31. The number of nitrogens with zero attached hydrogens (tertiary/aromatic N) is 3. The zero-order valence-corrected chi connectivity index (χ0v) is 12.7. The molecule has 1 aromatic heterocycles. The molecule has 0 spiro atoms. The number of hydrogen-bond acceptors (Lipinski definition) is 3. The predicted molar refractivity (Wildman–Crippen MR) is 88.1 cm³/mol. The normalized spacial score (nSPS) is 10.6. The maximum absolute atomic E-state index is 12.9. The zero-order valence-electron chi connectivity index (χ0n) is 12.7. The third-order valence-corrected chi connectivity index (χ3v) is 3.58. The Kier molecular flexibility index (Phi) is 3.83. The van der Waals surface area contributed by atoms with Gasteiger partial charge in [-0.05, 0) is 38.1 Å². The van der Waals surface area contributed by atoms with Crippen molar-refractivity contribution in [2.45, 2.75) is 13.8 Å². The summed E-state index contributed by atoms with van der Waals surface area (Å²) in [6.45, 7) is 4.36. The van der Waals surface area contributed by atoms with Crippen LogP contribution in [0.4, 0.5) is 5.69 Å². The van der Waals surface area contributed by atoms with Gasteiger partial charge in [0.2, 0.25) is 0 Å². The highest BCUT2D eigenvalue weighted by molar-refractivity contribution is 6.06. The molecule has 0 bridgehead atoms. The largest absolute Gasteiger partial charge is 0.307 e. The number of fused-ring (bicyclic) bond motifs is 1. The van der Waals surface area contributed by atoms with Gasteiger partial charge in [0.25, 0.3) is 5.91 Å². The van der Waals surface area contributed by atoms with E-state index < -0.39 is 0 Å². The fourth-order valence-corrected chi connectivity index (χ4v) is 2.47. The molecule has 0 saturated heterocycles. The minimum absolute atomic E-state index is 0.121. The molecular weight excluding hydrogens is 274 g/mol. The standard InChI is InChI=1S/C18H17N3O/c1-3-21(14-9-5-4-6-10-14)18(22)17-13(2)19-15-11-7-8-12-16(15)20-17/h4-12H,3H2,1-2H3. The van der Waals surface area contributed by atoms with Crippen molar-refractivity contribution in [1.82, 2.24) is 9.97 Å². The second kappa shape index (κ2) is 5.93. The number of para-hydroxylation sites is 3. The van der Waals surface area contributed by atoms with E-state index in [0.29, 0.717) is 17.9 Å². The Hall–Kier alpha value is -2.75. The summed E-state index contributed by atoms with van der Waals surface area (Å²) in [4.78, 5) is 23.6. The van der Waals surface area contributed by atoms with Gasteiger partial charge in [-0.1, -0.05) is 30.3 Å². The molecule has 0 aliphatic heterocycles. The van der Waals surface area contributed by atoms with E-state index in [1.54, 1.807) is 4.90 Å². The first-order valence-electron chi connectivity index (χ1n) is 7.31. The van der Waals surface area contributed by atoms with E-state index in [2.05, 4.69) is 9.97 Å². The molecule has 0 aliphatic rings. The maximum atomic E-state index is 12.9. The lowest BCUT2D eigenvalue weighted by Gasteiger charge is -2.21. The second-order valence-corrected chi connectivity index (χ2v) is 5.03. The lowest BCUT2D eigenvalue weighted by molar-refractivity contribution is 0.0983. The molecular formula is C18H17N3O. The molecule has 2 aromatic carbocycles. The smallest absolute Gasteiger partial charge is 0.278 e. The Labute approximate surface area is 129 Å². The van der Waals surface area contributed by atoms with Crippen LogP contribution in [0.15, 0.2) is 54.6 Å². The molecule has 4 heteroatoms. The van der Waals surface area contributed by atoms with Crippen molar-refractivity contribution in [1.29, 1.82) is 0 Å². The predicted octanol–water partition coefficient (Wildman–Crippen LogP) is 3.60. The highest BCUT2D eigenvalue weighted by Gasteiger charge is 2.20. The average molecular weight is 291 g/mol. The molecule has 0 saturated carbocycles. The highest BCUT2D eigenvalue weighted by atomic mass is 16.2. The van der Waals surface area contributed by atoms with Crippen molar-refractivity contribution in [2.75, 3.05) is 11.4 Å². The molecule has 0 fully saturated rings. The van der Waals surface area contributed by atoms with E-state index in [1.807, 2.05) is 68.4 Å². The third kappa shape index (κ3) is 2.55. The molecule has 0 N–H and O–H groups in total. The van der Waals surface area contributed by atoms with E-state index in [-0.39, 0.29) is 5.91 Å². The van der Waals surface area contributed by atoms with Gasteiger partial charge in [-0.3, -0.25) is 4.79 Å². The number of benzene rings is 2. The summed E-state index contributed by atoms with van der Waals surface area (Å²) in [5, 5.41) is 0. The minimum atomic E-state index is -0.121. The summed E-state index contributed by atoms with van der Waals surface area (Å²) in [6, 6.07) is 17.2. The van der Waals surface area contributed by atoms with Crippen molar-refractivity contribution in [3.63, 3.8) is 0 Å². The summed E-state index contributed by atoms with van der Waals surface area (Å²) in [6.07, 6.45) is 0. The molecule has 22 heavy (non-hydrogen) atoms. The van der Waals surface area contributed by atoms with Crippen LogP contribution in [0.5, 0.6) is 0 Å². The van der Waals surface area contributed by atoms with Gasteiger partial charge in [-0.25, -0.2) is 9.97 Å². The quantitative estimate of drug-likeness (QED) is 0.740. The topological polar surface area (TPSA) is 46.1 Å². The van der Waals surface area contributed by atoms with Crippen LogP contribution in [-0.2, 0) is 0 Å². The number of aryl methyl sites for hydroxylation is 1. The molecule has 3 rings (SSSR count). The number of hydrogen-bond donors (Lipinski definition) is 0. The fraction of sp³-hybridized carbons (Fsp3) is 0.167. The monoisotopic (exact) mass is 291 g/mol. The van der Waals surface area contributed by atoms with Gasteiger partial charge >= 0.3 is 0 Å². The van der Waals surface area contributed by atoms with E-state index in [9.17, 15) is 4.79 Å². The van der Waals surface area contributed by atoms with Crippen LogP contribution in [-0.4, -0.2) is 22.4 Å². The van der Waals surface area contributed by atoms with Gasteiger partial charge in [0.05, 0.1) is 16.7 Å². The summed E-state index contributed by atoms with van der Waals surface area (Å²) in [5.74, 6) is -0.121. The molecule has 1 heterocycles. The fourth-order valence-electron chi connectivity index (χ4n) is 2.47. The van der Waals surface area contributed by atoms with Gasteiger partial charge in [0, 0.05) is 12.2 Å². The van der Waals surface area contributed by atoms with Crippen molar-refractivity contribution in [2.24, 2.45) is 0 Å². The first-order chi connectivity index (χ1) is 10.7. The van der Waals surface area contributed by atoms with Crippen LogP contribution >= 0.6 is 0 Å². The number of rotatable bonds is 3. The molecule has 1 amide bonds. The van der Waals surface area contributed by atoms with E-state index in [1.165, 1.54) is 0 Å². The Balaban J connectivity index is 2.05. The Bertz CT molecular complexity index is 815. The van der Waals surface area contributed by atoms with Gasteiger partial charge in [-0.2, -0.15) is 0 Å². The molecule has 4 nitrogen and oxygen atoms in total. The number of amides is 1. The lowest BCUT2D eigenvalue weighted by atomic mass is 10.2. The SMILES string of the molecule is CCN(C(=O)c1nc2ccccc2nc1C)c1ccccc1. The molecule has 0 unspecified atom stereocenters. The van der Waals surface area contributed by atoms with Crippen LogP contribution in [0, 0.1) is 6.92 Å². The first kappa shape index (κ1) is 14.2. The Morgan fingerprint density at radius 1 is 0.955 bits per heavy atom. The third-order valence-electron chi connectivity index (χ3n) is 3.58. The molecule has 110 valence electrons. The minimum Gasteiger partial charge on any atom is -0.307 e. The van der Waals surface area contributed by atoms with Crippen LogP contribution in [0.3, 0.4) is 0 Å². The second-order valence-electron chi connectivity index (χ2n) is 5.03. The Morgan fingerprint density at radius 2 is 1.55 bits per heavy atom. The van der Waals surface area contributed by atoms with Crippen molar-refractivity contribution in [3.8, 4) is 0 Å². The summed E-state index contributed by atoms with van der Waals surface area (Å²) < 4.78 is 0. The van der Waals surface area contributed by atoms with E-state index >= 15 is 0 Å². The highest BCUT2D eigenvalue weighted by Crippen LogP contribution is 2.19. The summed E-state index contributed by atoms with van der Waals surface area (Å²) in [7, 11) is 0. The maximum Gasteiger partial charge on any atom is 0.278 e. The van der Waals surface area contributed by atoms with Gasteiger partial charge < -0.3 is 4.90 Å².